The topological polar surface area (TPSA) is 92.4 Å². The van der Waals surface area contributed by atoms with Crippen molar-refractivity contribution in [2.24, 2.45) is 0 Å². The Balaban J connectivity index is 1.97. The van der Waals surface area contributed by atoms with Crippen LogP contribution in [0.25, 0.3) is 0 Å². The smallest absolute Gasteiger partial charge is 0.355 e. The van der Waals surface area contributed by atoms with E-state index in [4.69, 9.17) is 9.52 Å². The second-order valence-electron chi connectivity index (χ2n) is 3.55. The van der Waals surface area contributed by atoms with E-state index in [9.17, 15) is 9.59 Å². The molecule has 0 fully saturated rings. The van der Waals surface area contributed by atoms with E-state index in [0.717, 1.165) is 5.56 Å². The predicted molar refractivity (Wildman–Crippen MR) is 63.7 cm³/mol. The van der Waals surface area contributed by atoms with Crippen molar-refractivity contribution in [3.05, 3.63) is 39.7 Å². The number of nitrogens with one attached hydrogen (secondary N) is 1. The van der Waals surface area contributed by atoms with Gasteiger partial charge in [0.05, 0.1) is 12.8 Å². The Morgan fingerprint density at radius 3 is 2.89 bits per heavy atom. The minimum absolute atomic E-state index is 0.0153. The summed E-state index contributed by atoms with van der Waals surface area (Å²) in [6, 6.07) is 1.70. The van der Waals surface area contributed by atoms with Crippen LogP contribution >= 0.6 is 11.3 Å². The molecule has 0 aliphatic heterocycles. The highest BCUT2D eigenvalue weighted by atomic mass is 32.1. The molecule has 0 aliphatic carbocycles. The van der Waals surface area contributed by atoms with E-state index < -0.39 is 5.97 Å². The van der Waals surface area contributed by atoms with Crippen LogP contribution in [0, 0.1) is 6.92 Å². The fourth-order valence-corrected chi connectivity index (χ4v) is 2.04. The number of aromatic carboxylic acids is 1. The monoisotopic (exact) mass is 266 g/mol. The summed E-state index contributed by atoms with van der Waals surface area (Å²) in [5.41, 5.74) is 0.733. The lowest BCUT2D eigenvalue weighted by Gasteiger charge is -2.00. The molecule has 1 amide bonds. The van der Waals surface area contributed by atoms with Crippen LogP contribution in [0.1, 0.15) is 31.6 Å². The molecule has 0 radical (unpaired) electrons. The summed E-state index contributed by atoms with van der Waals surface area (Å²) in [6.45, 7) is 1.95. The lowest BCUT2D eigenvalue weighted by molar-refractivity contribution is 0.0691. The number of carbonyl (C=O) groups excluding carboxylic acids is 1. The van der Waals surface area contributed by atoms with Gasteiger partial charge in [0, 0.05) is 10.9 Å². The first-order chi connectivity index (χ1) is 8.58. The summed E-state index contributed by atoms with van der Waals surface area (Å²) in [7, 11) is 0. The second kappa shape index (κ2) is 5.01. The van der Waals surface area contributed by atoms with Gasteiger partial charge in [-0.1, -0.05) is 0 Å². The highest BCUT2D eigenvalue weighted by molar-refractivity contribution is 7.09. The Morgan fingerprint density at radius 1 is 1.56 bits per heavy atom. The molecule has 2 N–H and O–H groups in total. The van der Waals surface area contributed by atoms with Gasteiger partial charge < -0.3 is 14.8 Å². The third-order valence-corrected chi connectivity index (χ3v) is 3.09. The maximum absolute atomic E-state index is 11.7. The van der Waals surface area contributed by atoms with E-state index >= 15 is 0 Å². The van der Waals surface area contributed by atoms with Gasteiger partial charge in [-0.15, -0.1) is 11.3 Å². The van der Waals surface area contributed by atoms with Crippen LogP contribution in [0.15, 0.2) is 22.1 Å². The van der Waals surface area contributed by atoms with Crippen molar-refractivity contribution in [1.29, 1.82) is 0 Å². The van der Waals surface area contributed by atoms with Crippen molar-refractivity contribution >= 4 is 23.2 Å². The number of hydrogen-bond donors (Lipinski definition) is 2. The molecule has 0 unspecified atom stereocenters. The quantitative estimate of drug-likeness (QED) is 0.878. The maximum Gasteiger partial charge on any atom is 0.355 e. The van der Waals surface area contributed by atoms with Crippen molar-refractivity contribution in [2.45, 2.75) is 13.5 Å². The van der Waals surface area contributed by atoms with Gasteiger partial charge >= 0.3 is 5.97 Å². The van der Waals surface area contributed by atoms with Crippen molar-refractivity contribution in [3.8, 4) is 0 Å². The first kappa shape index (κ1) is 12.3. The molecule has 0 aliphatic rings. The summed E-state index contributed by atoms with van der Waals surface area (Å²) in [5, 5.41) is 13.3. The third-order valence-electron chi connectivity index (χ3n) is 2.24. The molecule has 6 nitrogen and oxygen atoms in total. The highest BCUT2D eigenvalue weighted by Crippen LogP contribution is 2.11. The Morgan fingerprint density at radius 2 is 2.33 bits per heavy atom. The fraction of sp³-hybridized carbons (Fsp3) is 0.182. The number of amides is 1. The fourth-order valence-electron chi connectivity index (χ4n) is 1.33. The molecular weight excluding hydrogens is 256 g/mol. The van der Waals surface area contributed by atoms with Gasteiger partial charge in [0.1, 0.15) is 5.01 Å². The maximum atomic E-state index is 11.7. The van der Waals surface area contributed by atoms with Gasteiger partial charge in [-0.25, -0.2) is 9.78 Å². The van der Waals surface area contributed by atoms with Crippen molar-refractivity contribution in [3.63, 3.8) is 0 Å². The molecule has 0 saturated carbocycles. The standard InChI is InChI=1S/C11H10N2O4S/c1-6-2-3-17-9(6)10(14)12-4-8-13-7(5-18-8)11(15)16/h2-3,5H,4H2,1H3,(H,12,14)(H,15,16). The number of thiazole rings is 1. The zero-order valence-corrected chi connectivity index (χ0v) is 10.3. The Kier molecular flexibility index (Phi) is 3.42. The summed E-state index contributed by atoms with van der Waals surface area (Å²) < 4.78 is 5.03. The van der Waals surface area contributed by atoms with Gasteiger partial charge in [-0.3, -0.25) is 4.79 Å². The Labute approximate surface area is 106 Å². The summed E-state index contributed by atoms with van der Waals surface area (Å²) in [5.74, 6) is -1.17. The largest absolute Gasteiger partial charge is 0.476 e. The van der Waals surface area contributed by atoms with Crippen LogP contribution in [0.2, 0.25) is 0 Å². The third kappa shape index (κ3) is 2.57. The minimum Gasteiger partial charge on any atom is -0.476 e. The van der Waals surface area contributed by atoms with E-state index in [1.54, 1.807) is 13.0 Å². The lowest BCUT2D eigenvalue weighted by Crippen LogP contribution is -2.22. The summed E-state index contributed by atoms with van der Waals surface area (Å²) in [6.07, 6.45) is 1.44. The summed E-state index contributed by atoms with van der Waals surface area (Å²) in [4.78, 5) is 26.2. The van der Waals surface area contributed by atoms with Crippen LogP contribution in [0.3, 0.4) is 0 Å². The van der Waals surface area contributed by atoms with Crippen molar-refractivity contribution in [2.75, 3.05) is 0 Å². The van der Waals surface area contributed by atoms with E-state index in [0.29, 0.717) is 5.01 Å². The van der Waals surface area contributed by atoms with Crippen molar-refractivity contribution in [1.82, 2.24) is 10.3 Å². The molecule has 0 spiro atoms. The molecule has 0 aromatic carbocycles. The number of furan rings is 1. The first-order valence-corrected chi connectivity index (χ1v) is 5.96. The van der Waals surface area contributed by atoms with Crippen molar-refractivity contribution < 1.29 is 19.1 Å². The normalized spacial score (nSPS) is 10.3. The SMILES string of the molecule is Cc1ccoc1C(=O)NCc1nc(C(=O)O)cs1. The first-order valence-electron chi connectivity index (χ1n) is 5.08. The van der Waals surface area contributed by atoms with E-state index in [2.05, 4.69) is 10.3 Å². The molecule has 2 rings (SSSR count). The zero-order chi connectivity index (χ0) is 13.1. The molecular formula is C11H10N2O4S. The average Bonchev–Trinajstić information content (AvgIpc) is 2.94. The number of rotatable bonds is 4. The number of hydrogen-bond acceptors (Lipinski definition) is 5. The molecule has 18 heavy (non-hydrogen) atoms. The molecule has 0 bridgehead atoms. The number of aryl methyl sites for hydroxylation is 1. The van der Waals surface area contributed by atoms with Gasteiger partial charge in [0.15, 0.2) is 11.5 Å². The van der Waals surface area contributed by atoms with Gasteiger partial charge in [-0.05, 0) is 13.0 Å². The highest BCUT2D eigenvalue weighted by Gasteiger charge is 2.13. The van der Waals surface area contributed by atoms with Crippen LogP contribution in [0.5, 0.6) is 0 Å². The lowest BCUT2D eigenvalue weighted by atomic mass is 10.3. The van der Waals surface area contributed by atoms with E-state index in [1.165, 1.54) is 23.0 Å². The van der Waals surface area contributed by atoms with Crippen LogP contribution in [-0.4, -0.2) is 22.0 Å². The van der Waals surface area contributed by atoms with Gasteiger partial charge in [0.2, 0.25) is 0 Å². The van der Waals surface area contributed by atoms with Gasteiger partial charge in [0.25, 0.3) is 5.91 Å². The summed E-state index contributed by atoms with van der Waals surface area (Å²) >= 11 is 1.18. The molecule has 0 atom stereocenters. The number of carboxylic acids is 1. The molecule has 2 aromatic heterocycles. The number of nitrogens with zero attached hydrogens (tertiary/aromatic N) is 1. The number of aromatic nitrogens is 1. The molecule has 94 valence electrons. The van der Waals surface area contributed by atoms with E-state index in [1.807, 2.05) is 0 Å². The zero-order valence-electron chi connectivity index (χ0n) is 9.47. The average molecular weight is 266 g/mol. The number of carbonyl (C=O) groups is 2. The molecule has 2 aromatic rings. The second-order valence-corrected chi connectivity index (χ2v) is 4.49. The molecule has 7 heteroatoms. The molecule has 2 heterocycles. The minimum atomic E-state index is -1.08. The number of carboxylic acid groups (broad SMARTS) is 1. The van der Waals surface area contributed by atoms with Crippen LogP contribution in [0.4, 0.5) is 0 Å². The van der Waals surface area contributed by atoms with Crippen LogP contribution in [-0.2, 0) is 6.54 Å². The van der Waals surface area contributed by atoms with E-state index in [-0.39, 0.29) is 23.9 Å². The van der Waals surface area contributed by atoms with Crippen LogP contribution < -0.4 is 5.32 Å². The molecule has 0 saturated heterocycles. The Hall–Kier alpha value is -2.15. The predicted octanol–water partition coefficient (Wildman–Crippen LogP) is 1.67. The van der Waals surface area contributed by atoms with Gasteiger partial charge in [-0.2, -0.15) is 0 Å². The Bertz CT molecular complexity index is 587.